The average molecular weight is 287 g/mol. The Balaban J connectivity index is 2.07. The molecule has 3 nitrogen and oxygen atoms in total. The van der Waals surface area contributed by atoms with E-state index in [4.69, 9.17) is 22.2 Å². The summed E-state index contributed by atoms with van der Waals surface area (Å²) >= 11 is 6.04. The first-order valence-corrected chi connectivity index (χ1v) is 6.92. The number of hydrogen-bond acceptors (Lipinski definition) is 3. The summed E-state index contributed by atoms with van der Waals surface area (Å²) in [6.45, 7) is 0. The van der Waals surface area contributed by atoms with Crippen LogP contribution in [0.1, 0.15) is 31.2 Å². The second kappa shape index (κ2) is 6.18. The summed E-state index contributed by atoms with van der Waals surface area (Å²) in [5, 5.41) is 0.445. The van der Waals surface area contributed by atoms with Gasteiger partial charge in [-0.05, 0) is 44.2 Å². The molecule has 1 saturated carbocycles. The third kappa shape index (κ3) is 3.26. The van der Waals surface area contributed by atoms with Gasteiger partial charge in [-0.2, -0.15) is 0 Å². The number of hydrazine groups is 1. The lowest BCUT2D eigenvalue weighted by atomic mass is 9.75. The zero-order valence-electron chi connectivity index (χ0n) is 11.1. The van der Waals surface area contributed by atoms with Crippen LogP contribution in [0.25, 0.3) is 0 Å². The molecule has 2 rings (SSSR count). The van der Waals surface area contributed by atoms with Gasteiger partial charge in [0.05, 0.1) is 5.60 Å². The van der Waals surface area contributed by atoms with Gasteiger partial charge in [0.1, 0.15) is 5.82 Å². The van der Waals surface area contributed by atoms with E-state index >= 15 is 0 Å². The topological polar surface area (TPSA) is 47.3 Å². The van der Waals surface area contributed by atoms with Crippen LogP contribution >= 0.6 is 11.6 Å². The van der Waals surface area contributed by atoms with E-state index in [0.29, 0.717) is 17.0 Å². The molecule has 1 unspecified atom stereocenters. The summed E-state index contributed by atoms with van der Waals surface area (Å²) in [6, 6.07) is 4.68. The third-order valence-electron chi connectivity index (χ3n) is 4.06. The van der Waals surface area contributed by atoms with E-state index in [1.54, 1.807) is 19.2 Å². The molecule has 0 spiro atoms. The van der Waals surface area contributed by atoms with Crippen molar-refractivity contribution in [1.82, 2.24) is 5.43 Å². The van der Waals surface area contributed by atoms with Crippen LogP contribution in [-0.2, 0) is 11.2 Å². The fraction of sp³-hybridized carbons (Fsp3) is 0.571. The number of nitrogens with one attached hydrogen (secondary N) is 1. The molecule has 106 valence electrons. The Kier molecular flexibility index (Phi) is 4.79. The quantitative estimate of drug-likeness (QED) is 0.624. The molecule has 0 amide bonds. The van der Waals surface area contributed by atoms with E-state index < -0.39 is 0 Å². The maximum Gasteiger partial charge on any atom is 0.127 e. The van der Waals surface area contributed by atoms with Gasteiger partial charge < -0.3 is 4.74 Å². The largest absolute Gasteiger partial charge is 0.378 e. The molecule has 1 aromatic carbocycles. The Bertz CT molecular complexity index is 412. The highest BCUT2D eigenvalue weighted by atomic mass is 35.5. The van der Waals surface area contributed by atoms with Gasteiger partial charge in [0.25, 0.3) is 0 Å². The van der Waals surface area contributed by atoms with Crippen molar-refractivity contribution in [3.8, 4) is 0 Å². The molecule has 19 heavy (non-hydrogen) atoms. The summed E-state index contributed by atoms with van der Waals surface area (Å²) in [5.74, 6) is 5.31. The lowest BCUT2D eigenvalue weighted by Crippen LogP contribution is -2.48. The molecule has 1 aliphatic rings. The highest BCUT2D eigenvalue weighted by molar-refractivity contribution is 6.31. The SMILES string of the molecule is COC1(CC(Cc2c(F)cccc2Cl)NN)CCC1. The second-order valence-corrected chi connectivity index (χ2v) is 5.62. The van der Waals surface area contributed by atoms with E-state index in [0.717, 1.165) is 19.3 Å². The molecule has 0 aromatic heterocycles. The van der Waals surface area contributed by atoms with Crippen molar-refractivity contribution in [2.45, 2.75) is 43.7 Å². The van der Waals surface area contributed by atoms with Crippen molar-refractivity contribution in [3.63, 3.8) is 0 Å². The van der Waals surface area contributed by atoms with E-state index in [9.17, 15) is 4.39 Å². The number of hydrogen-bond donors (Lipinski definition) is 2. The summed E-state index contributed by atoms with van der Waals surface area (Å²) in [7, 11) is 1.73. The molecule has 0 bridgehead atoms. The average Bonchev–Trinajstić information content (AvgIpc) is 2.36. The lowest BCUT2D eigenvalue weighted by Gasteiger charge is -2.42. The first kappa shape index (κ1) is 14.7. The molecule has 1 atom stereocenters. The summed E-state index contributed by atoms with van der Waals surface area (Å²) < 4.78 is 19.4. The van der Waals surface area contributed by atoms with Crippen molar-refractivity contribution in [2.24, 2.45) is 5.84 Å². The molecule has 3 N–H and O–H groups in total. The minimum absolute atomic E-state index is 0.0466. The minimum atomic E-state index is -0.284. The Morgan fingerprint density at radius 3 is 2.74 bits per heavy atom. The highest BCUT2D eigenvalue weighted by Gasteiger charge is 2.39. The number of halogens is 2. The zero-order valence-corrected chi connectivity index (χ0v) is 11.8. The van der Waals surface area contributed by atoms with Gasteiger partial charge in [-0.15, -0.1) is 0 Å². The Labute approximate surface area is 118 Å². The maximum absolute atomic E-state index is 13.8. The minimum Gasteiger partial charge on any atom is -0.378 e. The lowest BCUT2D eigenvalue weighted by molar-refractivity contribution is -0.0834. The predicted molar refractivity (Wildman–Crippen MR) is 74.4 cm³/mol. The molecular weight excluding hydrogens is 267 g/mol. The molecule has 1 aliphatic carbocycles. The highest BCUT2D eigenvalue weighted by Crippen LogP contribution is 2.39. The molecule has 0 saturated heterocycles. The molecular formula is C14H20ClFN2O. The molecule has 1 aromatic rings. The maximum atomic E-state index is 13.8. The van der Waals surface area contributed by atoms with Crippen molar-refractivity contribution in [3.05, 3.63) is 34.6 Å². The number of rotatable bonds is 6. The Morgan fingerprint density at radius 2 is 2.26 bits per heavy atom. The Morgan fingerprint density at radius 1 is 1.53 bits per heavy atom. The van der Waals surface area contributed by atoms with Crippen molar-refractivity contribution >= 4 is 11.6 Å². The van der Waals surface area contributed by atoms with Crippen LogP contribution in [0.4, 0.5) is 4.39 Å². The van der Waals surface area contributed by atoms with Crippen molar-refractivity contribution in [1.29, 1.82) is 0 Å². The number of ether oxygens (including phenoxy) is 1. The van der Waals surface area contributed by atoms with Gasteiger partial charge in [-0.3, -0.25) is 11.3 Å². The van der Waals surface area contributed by atoms with Crippen LogP contribution in [0.5, 0.6) is 0 Å². The van der Waals surface area contributed by atoms with Crippen molar-refractivity contribution < 1.29 is 9.13 Å². The first-order valence-electron chi connectivity index (χ1n) is 6.54. The summed E-state index contributed by atoms with van der Waals surface area (Å²) in [4.78, 5) is 0. The number of benzene rings is 1. The number of methoxy groups -OCH3 is 1. The van der Waals surface area contributed by atoms with Gasteiger partial charge in [0, 0.05) is 23.7 Å². The molecule has 0 heterocycles. The van der Waals surface area contributed by atoms with Crippen LogP contribution in [0.2, 0.25) is 5.02 Å². The summed E-state index contributed by atoms with van der Waals surface area (Å²) in [5.41, 5.74) is 3.17. The van der Waals surface area contributed by atoms with E-state index in [1.807, 2.05) is 0 Å². The van der Waals surface area contributed by atoms with Crippen LogP contribution in [0.3, 0.4) is 0 Å². The van der Waals surface area contributed by atoms with E-state index in [1.165, 1.54) is 12.5 Å². The van der Waals surface area contributed by atoms with Crippen LogP contribution < -0.4 is 11.3 Å². The van der Waals surface area contributed by atoms with Gasteiger partial charge in [0.15, 0.2) is 0 Å². The molecule has 0 radical (unpaired) electrons. The van der Waals surface area contributed by atoms with Crippen LogP contribution in [0.15, 0.2) is 18.2 Å². The fourth-order valence-corrected chi connectivity index (χ4v) is 2.92. The monoisotopic (exact) mass is 286 g/mol. The fourth-order valence-electron chi connectivity index (χ4n) is 2.68. The third-order valence-corrected chi connectivity index (χ3v) is 4.42. The Hall–Kier alpha value is -0.680. The molecule has 5 heteroatoms. The molecule has 0 aliphatic heterocycles. The standard InChI is InChI=1S/C14H20ClFN2O/c1-19-14(6-3-7-14)9-10(18-17)8-11-12(15)4-2-5-13(11)16/h2,4-5,10,18H,3,6-9,17H2,1H3. The summed E-state index contributed by atoms with van der Waals surface area (Å²) in [6.07, 6.45) is 4.47. The van der Waals surface area contributed by atoms with Gasteiger partial charge >= 0.3 is 0 Å². The normalized spacial score (nSPS) is 18.9. The van der Waals surface area contributed by atoms with Gasteiger partial charge in [-0.25, -0.2) is 4.39 Å². The van der Waals surface area contributed by atoms with E-state index in [-0.39, 0.29) is 17.5 Å². The zero-order chi connectivity index (χ0) is 13.9. The predicted octanol–water partition coefficient (Wildman–Crippen LogP) is 2.81. The van der Waals surface area contributed by atoms with Gasteiger partial charge in [-0.1, -0.05) is 17.7 Å². The van der Waals surface area contributed by atoms with Crippen LogP contribution in [-0.4, -0.2) is 18.8 Å². The van der Waals surface area contributed by atoms with Crippen molar-refractivity contribution in [2.75, 3.05) is 7.11 Å². The molecule has 1 fully saturated rings. The van der Waals surface area contributed by atoms with Gasteiger partial charge in [0.2, 0.25) is 0 Å². The first-order chi connectivity index (χ1) is 9.10. The second-order valence-electron chi connectivity index (χ2n) is 5.21. The smallest absolute Gasteiger partial charge is 0.127 e. The van der Waals surface area contributed by atoms with E-state index in [2.05, 4.69) is 5.43 Å². The number of nitrogens with two attached hydrogens (primary N) is 1. The van der Waals surface area contributed by atoms with Crippen LogP contribution in [0, 0.1) is 5.82 Å².